The van der Waals surface area contributed by atoms with E-state index in [2.05, 4.69) is 0 Å². The molecule has 1 N–H and O–H groups in total. The fourth-order valence-electron chi connectivity index (χ4n) is 0.906. The number of carboxylic acid groups (broad SMARTS) is 1. The number of carbonyl (C=O) groups is 1. The van der Waals surface area contributed by atoms with Crippen LogP contribution in [0.25, 0.3) is 0 Å². The molecule has 0 bridgehead atoms. The molecule has 0 radical (unpaired) electrons. The highest BCUT2D eigenvalue weighted by Crippen LogP contribution is 2.24. The minimum Gasteiger partial charge on any atom is -0.481 e. The molecule has 0 amide bonds. The SMILES string of the molecule is O=C(O)CCc1cscc1[N+](=O)[O-]. The van der Waals surface area contributed by atoms with E-state index >= 15 is 0 Å². The molecule has 0 aliphatic rings. The molecule has 1 heterocycles. The van der Waals surface area contributed by atoms with Gasteiger partial charge in [-0.25, -0.2) is 0 Å². The van der Waals surface area contributed by atoms with Gasteiger partial charge in [-0.1, -0.05) is 0 Å². The number of thiophene rings is 1. The Hall–Kier alpha value is -1.43. The first-order valence-electron chi connectivity index (χ1n) is 3.52. The molecule has 5 nitrogen and oxygen atoms in total. The Morgan fingerprint density at radius 3 is 2.85 bits per heavy atom. The molecular formula is C7H7NO4S. The molecule has 0 atom stereocenters. The highest BCUT2D eigenvalue weighted by molar-refractivity contribution is 7.08. The summed E-state index contributed by atoms with van der Waals surface area (Å²) in [6.45, 7) is 0. The maximum absolute atomic E-state index is 10.4. The van der Waals surface area contributed by atoms with Crippen molar-refractivity contribution in [1.29, 1.82) is 0 Å². The van der Waals surface area contributed by atoms with Gasteiger partial charge in [0, 0.05) is 17.4 Å². The van der Waals surface area contributed by atoms with Crippen LogP contribution in [0.15, 0.2) is 10.8 Å². The number of hydrogen-bond acceptors (Lipinski definition) is 4. The monoisotopic (exact) mass is 201 g/mol. The molecule has 1 rings (SSSR count). The number of aliphatic carboxylic acids is 1. The van der Waals surface area contributed by atoms with Crippen molar-refractivity contribution in [1.82, 2.24) is 0 Å². The van der Waals surface area contributed by atoms with Gasteiger partial charge < -0.3 is 5.11 Å². The maximum atomic E-state index is 10.4. The van der Waals surface area contributed by atoms with Crippen LogP contribution < -0.4 is 0 Å². The molecule has 0 fully saturated rings. The van der Waals surface area contributed by atoms with Gasteiger partial charge in [0.15, 0.2) is 0 Å². The summed E-state index contributed by atoms with van der Waals surface area (Å²) in [6.07, 6.45) is 0.146. The van der Waals surface area contributed by atoms with Gasteiger partial charge >= 0.3 is 5.97 Å². The molecule has 6 heteroatoms. The standard InChI is InChI=1S/C7H7NO4S/c9-7(10)2-1-5-3-13-4-6(5)8(11)12/h3-4H,1-2H2,(H,9,10). The predicted octanol–water partition coefficient (Wildman–Crippen LogP) is 1.67. The minimum absolute atomic E-state index is 0.0197. The third-order valence-electron chi connectivity index (χ3n) is 1.52. The smallest absolute Gasteiger partial charge is 0.303 e. The summed E-state index contributed by atoms with van der Waals surface area (Å²) in [6, 6.07) is 0. The Bertz CT molecular complexity index is 333. The molecule has 0 aliphatic heterocycles. The summed E-state index contributed by atoms with van der Waals surface area (Å²) in [5.74, 6) is -0.944. The Balaban J connectivity index is 2.71. The zero-order chi connectivity index (χ0) is 9.84. The van der Waals surface area contributed by atoms with Crippen LogP contribution in [0.2, 0.25) is 0 Å². The third kappa shape index (κ3) is 2.51. The van der Waals surface area contributed by atoms with Crippen LogP contribution in [0.4, 0.5) is 5.69 Å². The van der Waals surface area contributed by atoms with E-state index in [-0.39, 0.29) is 18.5 Å². The van der Waals surface area contributed by atoms with Gasteiger partial charge in [-0.05, 0) is 6.42 Å². The Kier molecular flexibility index (Phi) is 2.97. The number of nitrogens with zero attached hydrogens (tertiary/aromatic N) is 1. The highest BCUT2D eigenvalue weighted by atomic mass is 32.1. The van der Waals surface area contributed by atoms with Gasteiger partial charge in [0.2, 0.25) is 0 Å². The second kappa shape index (κ2) is 3.99. The molecule has 0 aromatic carbocycles. The fourth-order valence-corrected chi connectivity index (χ4v) is 1.74. The van der Waals surface area contributed by atoms with E-state index in [0.717, 1.165) is 0 Å². The van der Waals surface area contributed by atoms with Gasteiger partial charge in [-0.2, -0.15) is 0 Å². The largest absolute Gasteiger partial charge is 0.481 e. The van der Waals surface area contributed by atoms with Gasteiger partial charge in [-0.15, -0.1) is 11.3 Å². The van der Waals surface area contributed by atoms with Crippen LogP contribution in [0.5, 0.6) is 0 Å². The van der Waals surface area contributed by atoms with E-state index in [9.17, 15) is 14.9 Å². The molecule has 0 spiro atoms. The molecule has 0 aliphatic carbocycles. The molecule has 1 aromatic heterocycles. The number of nitro groups is 1. The summed E-state index contributed by atoms with van der Waals surface area (Å²) in [4.78, 5) is 20.1. The molecule has 13 heavy (non-hydrogen) atoms. The lowest BCUT2D eigenvalue weighted by molar-refractivity contribution is -0.385. The first kappa shape index (κ1) is 9.66. The van der Waals surface area contributed by atoms with Crippen molar-refractivity contribution in [2.45, 2.75) is 12.8 Å². The minimum atomic E-state index is -0.944. The van der Waals surface area contributed by atoms with Crippen LogP contribution in [0, 0.1) is 10.1 Å². The maximum Gasteiger partial charge on any atom is 0.303 e. The Morgan fingerprint density at radius 2 is 2.31 bits per heavy atom. The Labute approximate surface area is 77.8 Å². The molecule has 0 saturated carbocycles. The zero-order valence-electron chi connectivity index (χ0n) is 6.60. The predicted molar refractivity (Wildman–Crippen MR) is 46.9 cm³/mol. The lowest BCUT2D eigenvalue weighted by Gasteiger charge is -1.93. The van der Waals surface area contributed by atoms with Crippen molar-refractivity contribution < 1.29 is 14.8 Å². The van der Waals surface area contributed by atoms with Crippen molar-refractivity contribution >= 4 is 23.0 Å². The Morgan fingerprint density at radius 1 is 1.62 bits per heavy atom. The van der Waals surface area contributed by atoms with Crippen LogP contribution in [0.3, 0.4) is 0 Å². The highest BCUT2D eigenvalue weighted by Gasteiger charge is 2.14. The van der Waals surface area contributed by atoms with Crippen molar-refractivity contribution in [3.8, 4) is 0 Å². The van der Waals surface area contributed by atoms with E-state index in [0.29, 0.717) is 5.56 Å². The third-order valence-corrected chi connectivity index (χ3v) is 2.30. The van der Waals surface area contributed by atoms with Gasteiger partial charge in [0.1, 0.15) is 0 Å². The lowest BCUT2D eigenvalue weighted by Crippen LogP contribution is -1.98. The average molecular weight is 201 g/mol. The normalized spacial score (nSPS) is 9.85. The molecule has 0 saturated heterocycles. The fraction of sp³-hybridized carbons (Fsp3) is 0.286. The van der Waals surface area contributed by atoms with Crippen molar-refractivity contribution in [3.63, 3.8) is 0 Å². The number of aryl methyl sites for hydroxylation is 1. The topological polar surface area (TPSA) is 80.4 Å². The second-order valence-electron chi connectivity index (χ2n) is 2.43. The van der Waals surface area contributed by atoms with E-state index in [1.807, 2.05) is 0 Å². The number of carboxylic acids is 1. The van der Waals surface area contributed by atoms with Gasteiger partial charge in [0.05, 0.1) is 10.3 Å². The summed E-state index contributed by atoms with van der Waals surface area (Å²) in [7, 11) is 0. The van der Waals surface area contributed by atoms with E-state index in [1.165, 1.54) is 16.7 Å². The summed E-state index contributed by atoms with van der Waals surface area (Å²) < 4.78 is 0. The average Bonchev–Trinajstić information content (AvgIpc) is 2.47. The second-order valence-corrected chi connectivity index (χ2v) is 3.18. The van der Waals surface area contributed by atoms with E-state index in [4.69, 9.17) is 5.11 Å². The molecular weight excluding hydrogens is 194 g/mol. The van der Waals surface area contributed by atoms with Crippen molar-refractivity contribution in [3.05, 3.63) is 26.4 Å². The number of rotatable bonds is 4. The quantitative estimate of drug-likeness (QED) is 0.593. The summed E-state index contributed by atoms with van der Waals surface area (Å²) in [5.41, 5.74) is 0.517. The van der Waals surface area contributed by atoms with E-state index in [1.54, 1.807) is 5.38 Å². The van der Waals surface area contributed by atoms with Crippen LogP contribution in [0.1, 0.15) is 12.0 Å². The van der Waals surface area contributed by atoms with Gasteiger partial charge in [0.25, 0.3) is 5.69 Å². The molecule has 70 valence electrons. The molecule has 0 unspecified atom stereocenters. The number of hydrogen-bond donors (Lipinski definition) is 1. The van der Waals surface area contributed by atoms with Crippen LogP contribution in [-0.2, 0) is 11.2 Å². The molecule has 1 aromatic rings. The summed E-state index contributed by atoms with van der Waals surface area (Å²) >= 11 is 1.21. The van der Waals surface area contributed by atoms with Crippen LogP contribution in [-0.4, -0.2) is 16.0 Å². The zero-order valence-corrected chi connectivity index (χ0v) is 7.41. The van der Waals surface area contributed by atoms with Gasteiger partial charge in [-0.3, -0.25) is 14.9 Å². The van der Waals surface area contributed by atoms with E-state index < -0.39 is 10.9 Å². The first-order valence-corrected chi connectivity index (χ1v) is 4.47. The van der Waals surface area contributed by atoms with Crippen molar-refractivity contribution in [2.75, 3.05) is 0 Å². The summed E-state index contributed by atoms with van der Waals surface area (Å²) in [5, 5.41) is 21.8. The van der Waals surface area contributed by atoms with Crippen molar-refractivity contribution in [2.24, 2.45) is 0 Å². The van der Waals surface area contributed by atoms with Crippen LogP contribution >= 0.6 is 11.3 Å². The first-order chi connectivity index (χ1) is 6.11. The lowest BCUT2D eigenvalue weighted by atomic mass is 10.2.